The summed E-state index contributed by atoms with van der Waals surface area (Å²) < 4.78 is 9.57. The average molecular weight is 182 g/mol. The molecule has 0 aliphatic rings. The maximum Gasteiger partial charge on any atom is 0.342 e. The molecule has 70 valence electrons. The second-order valence-corrected chi connectivity index (χ2v) is 2.45. The third-order valence-corrected chi connectivity index (χ3v) is 1.46. The largest absolute Gasteiger partial charge is 0.462 e. The van der Waals surface area contributed by atoms with Gasteiger partial charge in [-0.05, 0) is 12.5 Å². The lowest BCUT2D eigenvalue weighted by molar-refractivity contribution is 0.0501. The molecule has 1 aromatic heterocycles. The zero-order chi connectivity index (χ0) is 9.68. The molecule has 0 fully saturated rings. The monoisotopic (exact) mass is 182 g/mol. The summed E-state index contributed by atoms with van der Waals surface area (Å²) in [7, 11) is 0. The fourth-order valence-electron chi connectivity index (χ4n) is 0.853. The number of aldehydes is 1. The molecule has 1 rings (SSSR count). The van der Waals surface area contributed by atoms with E-state index in [0.29, 0.717) is 12.9 Å². The van der Waals surface area contributed by atoms with Crippen molar-refractivity contribution >= 4 is 12.3 Å². The van der Waals surface area contributed by atoms with E-state index < -0.39 is 5.97 Å². The van der Waals surface area contributed by atoms with Crippen molar-refractivity contribution in [2.24, 2.45) is 0 Å². The highest BCUT2D eigenvalue weighted by molar-refractivity contribution is 5.96. The van der Waals surface area contributed by atoms with Crippen LogP contribution >= 0.6 is 0 Å². The summed E-state index contributed by atoms with van der Waals surface area (Å²) in [4.78, 5) is 21.6. The first-order valence-electron chi connectivity index (χ1n) is 3.99. The lowest BCUT2D eigenvalue weighted by atomic mass is 10.2. The summed E-state index contributed by atoms with van der Waals surface area (Å²) in [5.74, 6) is -0.501. The number of carbonyl (C=O) groups is 2. The van der Waals surface area contributed by atoms with Crippen molar-refractivity contribution in [3.63, 3.8) is 0 Å². The van der Waals surface area contributed by atoms with E-state index >= 15 is 0 Å². The summed E-state index contributed by atoms with van der Waals surface area (Å²) >= 11 is 0. The Labute approximate surface area is 75.5 Å². The molecule has 0 saturated carbocycles. The fourth-order valence-corrected chi connectivity index (χ4v) is 0.853. The topological polar surface area (TPSA) is 56.5 Å². The van der Waals surface area contributed by atoms with E-state index in [1.165, 1.54) is 12.3 Å². The Morgan fingerprint density at radius 1 is 1.69 bits per heavy atom. The Morgan fingerprint density at radius 2 is 2.46 bits per heavy atom. The summed E-state index contributed by atoms with van der Waals surface area (Å²) in [6, 6.07) is 1.42. The molecule has 1 heterocycles. The first kappa shape index (κ1) is 9.51. The summed E-state index contributed by atoms with van der Waals surface area (Å²) in [6.07, 6.45) is 2.52. The van der Waals surface area contributed by atoms with Gasteiger partial charge in [-0.3, -0.25) is 4.79 Å². The van der Waals surface area contributed by atoms with Crippen molar-refractivity contribution in [2.45, 2.75) is 13.3 Å². The normalized spacial score (nSPS) is 9.62. The quantitative estimate of drug-likeness (QED) is 0.524. The van der Waals surface area contributed by atoms with Gasteiger partial charge in [0.25, 0.3) is 0 Å². The predicted octanol–water partition coefficient (Wildman–Crippen LogP) is 1.66. The SMILES string of the molecule is CCCOC(=O)c1ccoc1C=O. The molecule has 1 aromatic rings. The second-order valence-electron chi connectivity index (χ2n) is 2.45. The van der Waals surface area contributed by atoms with Gasteiger partial charge in [0.1, 0.15) is 5.56 Å². The first-order chi connectivity index (χ1) is 6.29. The predicted molar refractivity (Wildman–Crippen MR) is 44.7 cm³/mol. The molecule has 0 N–H and O–H groups in total. The van der Waals surface area contributed by atoms with Crippen LogP contribution in [0, 0.1) is 0 Å². The van der Waals surface area contributed by atoms with Crippen molar-refractivity contribution in [3.05, 3.63) is 23.7 Å². The molecule has 0 aliphatic heterocycles. The van der Waals surface area contributed by atoms with Gasteiger partial charge < -0.3 is 9.15 Å². The molecule has 13 heavy (non-hydrogen) atoms. The van der Waals surface area contributed by atoms with Crippen LogP contribution < -0.4 is 0 Å². The smallest absolute Gasteiger partial charge is 0.342 e. The van der Waals surface area contributed by atoms with Crippen molar-refractivity contribution in [2.75, 3.05) is 6.61 Å². The number of rotatable bonds is 4. The minimum Gasteiger partial charge on any atom is -0.462 e. The molecule has 4 nitrogen and oxygen atoms in total. The minimum absolute atomic E-state index is 0.0149. The van der Waals surface area contributed by atoms with Crippen LogP contribution in [0.2, 0.25) is 0 Å². The molecule has 0 aromatic carbocycles. The highest BCUT2D eigenvalue weighted by Crippen LogP contribution is 2.09. The first-order valence-corrected chi connectivity index (χ1v) is 3.99. The molecular formula is C9H10O4. The van der Waals surface area contributed by atoms with E-state index in [4.69, 9.17) is 9.15 Å². The van der Waals surface area contributed by atoms with Gasteiger partial charge in [0.05, 0.1) is 12.9 Å². The lowest BCUT2D eigenvalue weighted by Gasteiger charge is -1.99. The Morgan fingerprint density at radius 3 is 3.08 bits per heavy atom. The molecule has 4 heteroatoms. The number of ether oxygens (including phenoxy) is 1. The summed E-state index contributed by atoms with van der Waals surface area (Å²) in [6.45, 7) is 2.24. The van der Waals surface area contributed by atoms with Crippen LogP contribution in [0.4, 0.5) is 0 Å². The van der Waals surface area contributed by atoms with Crippen LogP contribution in [-0.2, 0) is 4.74 Å². The Kier molecular flexibility index (Phi) is 3.25. The third kappa shape index (κ3) is 2.18. The van der Waals surface area contributed by atoms with Gasteiger partial charge >= 0.3 is 5.97 Å². The van der Waals surface area contributed by atoms with Gasteiger partial charge in [0, 0.05) is 0 Å². The Hall–Kier alpha value is -1.58. The number of carbonyl (C=O) groups excluding carboxylic acids is 2. The minimum atomic E-state index is -0.516. The zero-order valence-electron chi connectivity index (χ0n) is 7.28. The molecular weight excluding hydrogens is 172 g/mol. The molecule has 0 amide bonds. The molecule has 0 saturated heterocycles. The maximum absolute atomic E-state index is 11.2. The number of esters is 1. The van der Waals surface area contributed by atoms with Crippen LogP contribution in [-0.4, -0.2) is 18.9 Å². The van der Waals surface area contributed by atoms with E-state index in [9.17, 15) is 9.59 Å². The van der Waals surface area contributed by atoms with Gasteiger partial charge in [0.2, 0.25) is 0 Å². The van der Waals surface area contributed by atoms with Crippen molar-refractivity contribution in [1.82, 2.24) is 0 Å². The van der Waals surface area contributed by atoms with E-state index in [2.05, 4.69) is 0 Å². The zero-order valence-corrected chi connectivity index (χ0v) is 7.28. The highest BCUT2D eigenvalue weighted by atomic mass is 16.5. The molecule has 0 atom stereocenters. The Bertz CT molecular complexity index is 300. The van der Waals surface area contributed by atoms with E-state index in [-0.39, 0.29) is 11.3 Å². The van der Waals surface area contributed by atoms with Crippen molar-refractivity contribution in [3.8, 4) is 0 Å². The van der Waals surface area contributed by atoms with E-state index in [1.807, 2.05) is 6.92 Å². The average Bonchev–Trinajstić information content (AvgIpc) is 2.61. The third-order valence-electron chi connectivity index (χ3n) is 1.46. The summed E-state index contributed by atoms with van der Waals surface area (Å²) in [5.41, 5.74) is 0.184. The molecule has 0 aliphatic carbocycles. The van der Waals surface area contributed by atoms with Crippen molar-refractivity contribution in [1.29, 1.82) is 0 Å². The van der Waals surface area contributed by atoms with Gasteiger partial charge in [-0.15, -0.1) is 0 Å². The van der Waals surface area contributed by atoms with Crippen molar-refractivity contribution < 1.29 is 18.7 Å². The standard InChI is InChI=1S/C9H10O4/c1-2-4-13-9(11)7-3-5-12-8(7)6-10/h3,5-6H,2,4H2,1H3. The molecule has 0 unspecified atom stereocenters. The van der Waals surface area contributed by atoms with Crippen LogP contribution in [0.1, 0.15) is 34.3 Å². The van der Waals surface area contributed by atoms with Gasteiger partial charge in [-0.2, -0.15) is 0 Å². The summed E-state index contributed by atoms with van der Waals surface area (Å²) in [5, 5.41) is 0. The van der Waals surface area contributed by atoms with Crippen LogP contribution in [0.25, 0.3) is 0 Å². The number of furan rings is 1. The lowest BCUT2D eigenvalue weighted by Crippen LogP contribution is -2.06. The van der Waals surface area contributed by atoms with Gasteiger partial charge in [-0.25, -0.2) is 4.79 Å². The molecule has 0 bridgehead atoms. The maximum atomic E-state index is 11.2. The fraction of sp³-hybridized carbons (Fsp3) is 0.333. The van der Waals surface area contributed by atoms with E-state index in [1.54, 1.807) is 0 Å². The molecule has 0 spiro atoms. The van der Waals surface area contributed by atoms with Gasteiger partial charge in [-0.1, -0.05) is 6.92 Å². The van der Waals surface area contributed by atoms with Crippen LogP contribution in [0.15, 0.2) is 16.7 Å². The van der Waals surface area contributed by atoms with Gasteiger partial charge in [0.15, 0.2) is 12.0 Å². The van der Waals surface area contributed by atoms with Crippen LogP contribution in [0.5, 0.6) is 0 Å². The Balaban J connectivity index is 2.70. The second kappa shape index (κ2) is 4.45. The van der Waals surface area contributed by atoms with Crippen LogP contribution in [0.3, 0.4) is 0 Å². The number of hydrogen-bond acceptors (Lipinski definition) is 4. The highest BCUT2D eigenvalue weighted by Gasteiger charge is 2.14. The van der Waals surface area contributed by atoms with E-state index in [0.717, 1.165) is 6.42 Å². The number of hydrogen-bond donors (Lipinski definition) is 0. The molecule has 0 radical (unpaired) electrons.